The van der Waals surface area contributed by atoms with Crippen LogP contribution in [0, 0.1) is 13.8 Å². The van der Waals surface area contributed by atoms with Crippen molar-refractivity contribution >= 4 is 0 Å². The number of pyridine rings is 1. The Balaban J connectivity index is 2.99. The van der Waals surface area contributed by atoms with Crippen LogP contribution in [0.3, 0.4) is 0 Å². The lowest BCUT2D eigenvalue weighted by Crippen LogP contribution is -2.15. The van der Waals surface area contributed by atoms with Gasteiger partial charge in [-0.05, 0) is 26.8 Å². The zero-order valence-corrected chi connectivity index (χ0v) is 8.21. The molecule has 0 aromatic carbocycles. The molecule has 0 aliphatic rings. The van der Waals surface area contributed by atoms with Gasteiger partial charge in [0.05, 0.1) is 0 Å². The first kappa shape index (κ1) is 9.99. The van der Waals surface area contributed by atoms with E-state index in [1.165, 1.54) is 0 Å². The van der Waals surface area contributed by atoms with Gasteiger partial charge in [0.25, 0.3) is 0 Å². The molecule has 72 valence electrons. The smallest absolute Gasteiger partial charge is 0.182 e. The summed E-state index contributed by atoms with van der Waals surface area (Å²) < 4.78 is 2.12. The van der Waals surface area contributed by atoms with Crippen LogP contribution in [0.15, 0.2) is 16.9 Å². The van der Waals surface area contributed by atoms with Crippen molar-refractivity contribution < 1.29 is 0 Å². The summed E-state index contributed by atoms with van der Waals surface area (Å²) in [6.45, 7) is 5.48. The van der Waals surface area contributed by atoms with E-state index in [1.807, 2.05) is 13.8 Å². The largest absolute Gasteiger partial charge is 0.349 e. The second kappa shape index (κ2) is 4.23. The van der Waals surface area contributed by atoms with E-state index in [0.717, 1.165) is 24.4 Å². The molecule has 13 heavy (non-hydrogen) atoms. The summed E-state index contributed by atoms with van der Waals surface area (Å²) in [5.41, 5.74) is 7.54. The van der Waals surface area contributed by atoms with Gasteiger partial charge in [0.2, 0.25) is 0 Å². The van der Waals surface area contributed by atoms with E-state index in [0.29, 0.717) is 6.54 Å². The van der Waals surface area contributed by atoms with Crippen LogP contribution in [-0.4, -0.2) is 11.1 Å². The zero-order chi connectivity index (χ0) is 9.84. The Kier molecular flexibility index (Phi) is 3.25. The number of hydrogen-bond acceptors (Lipinski definition) is 2. The first-order chi connectivity index (χ1) is 6.15. The van der Waals surface area contributed by atoms with Gasteiger partial charge >= 0.3 is 0 Å². The molecule has 0 spiro atoms. The molecule has 0 aliphatic heterocycles. The zero-order valence-electron chi connectivity index (χ0n) is 8.21. The average Bonchev–Trinajstić information content (AvgIpc) is 2.02. The van der Waals surface area contributed by atoms with Crippen molar-refractivity contribution in [2.75, 3.05) is 6.54 Å². The summed E-state index contributed by atoms with van der Waals surface area (Å²) in [4.78, 5) is 11.1. The van der Waals surface area contributed by atoms with Crippen molar-refractivity contribution in [3.8, 4) is 0 Å². The summed E-state index contributed by atoms with van der Waals surface area (Å²) >= 11 is 0. The number of aromatic nitrogens is 1. The Morgan fingerprint density at radius 2 is 1.85 bits per heavy atom. The molecule has 0 saturated heterocycles. The molecule has 0 radical (unpaired) electrons. The normalized spacial score (nSPS) is 10.4. The predicted molar refractivity (Wildman–Crippen MR) is 53.8 cm³/mol. The molecule has 0 fully saturated rings. The second-order valence-electron chi connectivity index (χ2n) is 3.27. The molecule has 1 aromatic heterocycles. The molecular formula is C10H16N2O. The van der Waals surface area contributed by atoms with Gasteiger partial charge in [-0.1, -0.05) is 0 Å². The van der Waals surface area contributed by atoms with E-state index in [1.54, 1.807) is 12.1 Å². The molecule has 1 aromatic rings. The van der Waals surface area contributed by atoms with Gasteiger partial charge in [-0.3, -0.25) is 4.79 Å². The summed E-state index contributed by atoms with van der Waals surface area (Å²) in [7, 11) is 0. The Bertz CT molecular complexity index is 315. The van der Waals surface area contributed by atoms with Gasteiger partial charge < -0.3 is 10.3 Å². The van der Waals surface area contributed by atoms with E-state index in [9.17, 15) is 4.79 Å². The third-order valence-electron chi connectivity index (χ3n) is 2.14. The Labute approximate surface area is 78.2 Å². The van der Waals surface area contributed by atoms with Crippen LogP contribution in [0.1, 0.15) is 17.8 Å². The number of nitrogens with two attached hydrogens (primary N) is 1. The van der Waals surface area contributed by atoms with Crippen molar-refractivity contribution in [1.29, 1.82) is 0 Å². The summed E-state index contributed by atoms with van der Waals surface area (Å²) in [5, 5.41) is 0. The molecule has 0 unspecified atom stereocenters. The highest BCUT2D eigenvalue weighted by Crippen LogP contribution is 2.02. The monoisotopic (exact) mass is 180 g/mol. The van der Waals surface area contributed by atoms with Gasteiger partial charge in [0, 0.05) is 30.1 Å². The number of nitrogens with zero attached hydrogens (tertiary/aromatic N) is 1. The Hall–Kier alpha value is -1.09. The summed E-state index contributed by atoms with van der Waals surface area (Å²) in [6, 6.07) is 3.31. The highest BCUT2D eigenvalue weighted by Gasteiger charge is 1.99. The van der Waals surface area contributed by atoms with Gasteiger partial charge in [-0.15, -0.1) is 0 Å². The van der Waals surface area contributed by atoms with Gasteiger partial charge in [0.15, 0.2) is 5.43 Å². The molecule has 0 amide bonds. The van der Waals surface area contributed by atoms with E-state index < -0.39 is 0 Å². The van der Waals surface area contributed by atoms with Crippen LogP contribution < -0.4 is 11.2 Å². The Morgan fingerprint density at radius 1 is 1.31 bits per heavy atom. The van der Waals surface area contributed by atoms with Gasteiger partial charge in [-0.25, -0.2) is 0 Å². The van der Waals surface area contributed by atoms with Crippen LogP contribution >= 0.6 is 0 Å². The lowest BCUT2D eigenvalue weighted by Gasteiger charge is -2.12. The molecule has 1 heterocycles. The predicted octanol–water partition coefficient (Wildman–Crippen LogP) is 0.814. The van der Waals surface area contributed by atoms with Crippen LogP contribution in [0.4, 0.5) is 0 Å². The van der Waals surface area contributed by atoms with Crippen molar-refractivity contribution in [3.63, 3.8) is 0 Å². The molecule has 0 aliphatic carbocycles. The molecule has 3 nitrogen and oxygen atoms in total. The molecule has 0 bridgehead atoms. The molecule has 2 N–H and O–H groups in total. The fourth-order valence-corrected chi connectivity index (χ4v) is 1.49. The third kappa shape index (κ3) is 2.42. The minimum Gasteiger partial charge on any atom is -0.349 e. The van der Waals surface area contributed by atoms with Crippen LogP contribution in [-0.2, 0) is 6.54 Å². The molecule has 0 saturated carbocycles. The first-order valence-corrected chi connectivity index (χ1v) is 4.53. The minimum atomic E-state index is 0.0824. The van der Waals surface area contributed by atoms with E-state index in [-0.39, 0.29) is 5.43 Å². The third-order valence-corrected chi connectivity index (χ3v) is 2.14. The lowest BCUT2D eigenvalue weighted by atomic mass is 10.2. The molecule has 0 atom stereocenters. The average molecular weight is 180 g/mol. The molecule has 1 rings (SSSR count). The highest BCUT2D eigenvalue weighted by molar-refractivity contribution is 5.12. The Morgan fingerprint density at radius 3 is 2.31 bits per heavy atom. The van der Waals surface area contributed by atoms with E-state index in [2.05, 4.69) is 4.57 Å². The van der Waals surface area contributed by atoms with Crippen LogP contribution in [0.25, 0.3) is 0 Å². The molecule has 3 heteroatoms. The van der Waals surface area contributed by atoms with Crippen molar-refractivity contribution in [3.05, 3.63) is 33.7 Å². The molecular weight excluding hydrogens is 164 g/mol. The fraction of sp³-hybridized carbons (Fsp3) is 0.500. The number of aryl methyl sites for hydroxylation is 2. The maximum Gasteiger partial charge on any atom is 0.182 e. The van der Waals surface area contributed by atoms with Gasteiger partial charge in [0.1, 0.15) is 0 Å². The van der Waals surface area contributed by atoms with Crippen molar-refractivity contribution in [1.82, 2.24) is 4.57 Å². The maximum atomic E-state index is 11.1. The second-order valence-corrected chi connectivity index (χ2v) is 3.27. The number of rotatable bonds is 3. The SMILES string of the molecule is Cc1cc(=O)cc(C)n1CCCN. The maximum absolute atomic E-state index is 11.1. The topological polar surface area (TPSA) is 48.0 Å². The quantitative estimate of drug-likeness (QED) is 0.748. The highest BCUT2D eigenvalue weighted by atomic mass is 16.1. The summed E-state index contributed by atoms with van der Waals surface area (Å²) in [6.07, 6.45) is 0.949. The van der Waals surface area contributed by atoms with E-state index in [4.69, 9.17) is 5.73 Å². The lowest BCUT2D eigenvalue weighted by molar-refractivity contribution is 0.614. The van der Waals surface area contributed by atoms with Gasteiger partial charge in [-0.2, -0.15) is 0 Å². The summed E-state index contributed by atoms with van der Waals surface area (Å²) in [5.74, 6) is 0. The minimum absolute atomic E-state index is 0.0824. The number of hydrogen-bond donors (Lipinski definition) is 1. The van der Waals surface area contributed by atoms with E-state index >= 15 is 0 Å². The van der Waals surface area contributed by atoms with Crippen LogP contribution in [0.5, 0.6) is 0 Å². The van der Waals surface area contributed by atoms with Crippen LogP contribution in [0.2, 0.25) is 0 Å². The fourth-order valence-electron chi connectivity index (χ4n) is 1.49. The standard InChI is InChI=1S/C10H16N2O/c1-8-6-10(13)7-9(2)12(8)5-3-4-11/h6-7H,3-5,11H2,1-2H3. The first-order valence-electron chi connectivity index (χ1n) is 4.53. The van der Waals surface area contributed by atoms with Crippen molar-refractivity contribution in [2.45, 2.75) is 26.8 Å². The van der Waals surface area contributed by atoms with Crippen molar-refractivity contribution in [2.24, 2.45) is 5.73 Å².